The average Bonchev–Trinajstić information content (AvgIpc) is 2.87. The molecule has 108 valence electrons. The molecule has 2 aromatic rings. The van der Waals surface area contributed by atoms with Crippen molar-refractivity contribution in [1.82, 2.24) is 0 Å². The van der Waals surface area contributed by atoms with Crippen LogP contribution in [0.1, 0.15) is 36.5 Å². The van der Waals surface area contributed by atoms with E-state index in [2.05, 4.69) is 0 Å². The Morgan fingerprint density at radius 1 is 1.25 bits per heavy atom. The van der Waals surface area contributed by atoms with Gasteiger partial charge in [-0.05, 0) is 31.5 Å². The van der Waals surface area contributed by atoms with Gasteiger partial charge in [-0.3, -0.25) is 0 Å². The Morgan fingerprint density at radius 2 is 2.00 bits per heavy atom. The molecule has 2 atom stereocenters. The van der Waals surface area contributed by atoms with Crippen molar-refractivity contribution in [3.8, 4) is 0 Å². The third-order valence-electron chi connectivity index (χ3n) is 3.28. The number of halogens is 1. The molecule has 20 heavy (non-hydrogen) atoms. The largest absolute Gasteiger partial charge is 0.464 e. The van der Waals surface area contributed by atoms with Gasteiger partial charge >= 0.3 is 0 Å². The first-order valence-corrected chi connectivity index (χ1v) is 6.78. The van der Waals surface area contributed by atoms with Crippen LogP contribution in [0, 0.1) is 12.7 Å². The van der Waals surface area contributed by atoms with Gasteiger partial charge in [0.05, 0.1) is 6.61 Å². The quantitative estimate of drug-likeness (QED) is 0.875. The van der Waals surface area contributed by atoms with E-state index in [0.717, 1.165) is 12.2 Å². The second kappa shape index (κ2) is 6.68. The zero-order valence-corrected chi connectivity index (χ0v) is 11.8. The van der Waals surface area contributed by atoms with Crippen molar-refractivity contribution in [2.75, 3.05) is 0 Å². The van der Waals surface area contributed by atoms with Crippen LogP contribution >= 0.6 is 0 Å². The van der Waals surface area contributed by atoms with Crippen LogP contribution in [0.3, 0.4) is 0 Å². The van der Waals surface area contributed by atoms with Crippen molar-refractivity contribution < 1.29 is 13.5 Å². The summed E-state index contributed by atoms with van der Waals surface area (Å²) < 4.78 is 25.0. The molecule has 0 aliphatic heterocycles. The van der Waals surface area contributed by atoms with Crippen molar-refractivity contribution >= 4 is 0 Å². The van der Waals surface area contributed by atoms with Gasteiger partial charge in [0.15, 0.2) is 0 Å². The molecule has 2 rings (SSSR count). The smallest absolute Gasteiger partial charge is 0.134 e. The lowest BCUT2D eigenvalue weighted by molar-refractivity contribution is 0.00580. The van der Waals surface area contributed by atoms with Crippen molar-refractivity contribution in [1.29, 1.82) is 0 Å². The second-order valence-electron chi connectivity index (χ2n) is 4.84. The molecule has 2 N–H and O–H groups in total. The van der Waals surface area contributed by atoms with E-state index in [9.17, 15) is 4.39 Å². The molecular weight excluding hydrogens is 257 g/mol. The Bertz CT molecular complexity index is 553. The molecular formula is C16H20FNO2. The monoisotopic (exact) mass is 277 g/mol. The number of aryl methyl sites for hydroxylation is 1. The highest BCUT2D eigenvalue weighted by Crippen LogP contribution is 2.25. The van der Waals surface area contributed by atoms with E-state index < -0.39 is 0 Å². The van der Waals surface area contributed by atoms with Gasteiger partial charge in [-0.15, -0.1) is 0 Å². The van der Waals surface area contributed by atoms with E-state index in [1.54, 1.807) is 18.2 Å². The molecule has 0 spiro atoms. The SMILES string of the molecule is CCC(N)C(OCc1ccccc1F)c1ccc(C)o1. The number of ether oxygens (including phenoxy) is 1. The van der Waals surface area contributed by atoms with Crippen molar-refractivity contribution in [2.24, 2.45) is 5.73 Å². The lowest BCUT2D eigenvalue weighted by atomic mass is 10.1. The number of hydrogen-bond donors (Lipinski definition) is 1. The van der Waals surface area contributed by atoms with E-state index in [0.29, 0.717) is 11.3 Å². The van der Waals surface area contributed by atoms with Crippen LogP contribution in [0.15, 0.2) is 40.8 Å². The fourth-order valence-corrected chi connectivity index (χ4v) is 2.03. The number of furan rings is 1. The normalized spacial score (nSPS) is 14.2. The third-order valence-corrected chi connectivity index (χ3v) is 3.28. The lowest BCUT2D eigenvalue weighted by Gasteiger charge is -2.21. The summed E-state index contributed by atoms with van der Waals surface area (Å²) in [6.07, 6.45) is 0.384. The molecule has 2 unspecified atom stereocenters. The number of rotatable bonds is 6. The van der Waals surface area contributed by atoms with Gasteiger partial charge in [0.25, 0.3) is 0 Å². The van der Waals surface area contributed by atoms with Gasteiger partial charge in [-0.2, -0.15) is 0 Å². The molecule has 0 aliphatic rings. The maximum atomic E-state index is 13.6. The fourth-order valence-electron chi connectivity index (χ4n) is 2.03. The summed E-state index contributed by atoms with van der Waals surface area (Å²) in [6, 6.07) is 10.1. The summed E-state index contributed by atoms with van der Waals surface area (Å²) >= 11 is 0. The van der Waals surface area contributed by atoms with Crippen molar-refractivity contribution in [3.05, 3.63) is 59.3 Å². The molecule has 0 bridgehead atoms. The van der Waals surface area contributed by atoms with Crippen LogP contribution in [0.4, 0.5) is 4.39 Å². The summed E-state index contributed by atoms with van der Waals surface area (Å²) in [4.78, 5) is 0. The van der Waals surface area contributed by atoms with Crippen molar-refractivity contribution in [3.63, 3.8) is 0 Å². The van der Waals surface area contributed by atoms with E-state index in [1.807, 2.05) is 26.0 Å². The summed E-state index contributed by atoms with van der Waals surface area (Å²) in [6.45, 7) is 4.03. The first-order chi connectivity index (χ1) is 9.61. The molecule has 1 aromatic heterocycles. The fraction of sp³-hybridized carbons (Fsp3) is 0.375. The summed E-state index contributed by atoms with van der Waals surface area (Å²) in [5.74, 6) is 1.22. The zero-order valence-electron chi connectivity index (χ0n) is 11.8. The van der Waals surface area contributed by atoms with Gasteiger partial charge in [0.2, 0.25) is 0 Å². The van der Waals surface area contributed by atoms with Crippen LogP contribution in [0.25, 0.3) is 0 Å². The number of hydrogen-bond acceptors (Lipinski definition) is 3. The van der Waals surface area contributed by atoms with E-state index in [-0.39, 0.29) is 24.6 Å². The van der Waals surface area contributed by atoms with E-state index >= 15 is 0 Å². The predicted molar refractivity (Wildman–Crippen MR) is 75.6 cm³/mol. The first kappa shape index (κ1) is 14.8. The second-order valence-corrected chi connectivity index (χ2v) is 4.84. The molecule has 0 radical (unpaired) electrons. The Kier molecular flexibility index (Phi) is 4.93. The highest BCUT2D eigenvalue weighted by Gasteiger charge is 2.23. The van der Waals surface area contributed by atoms with E-state index in [4.69, 9.17) is 14.9 Å². The zero-order chi connectivity index (χ0) is 14.5. The van der Waals surface area contributed by atoms with Gasteiger partial charge in [0, 0.05) is 11.6 Å². The highest BCUT2D eigenvalue weighted by molar-refractivity contribution is 5.17. The molecule has 0 saturated heterocycles. The molecule has 0 saturated carbocycles. The summed E-state index contributed by atoms with van der Waals surface area (Å²) in [7, 11) is 0. The Hall–Kier alpha value is -1.65. The van der Waals surface area contributed by atoms with Crippen LogP contribution in [0.2, 0.25) is 0 Å². The lowest BCUT2D eigenvalue weighted by Crippen LogP contribution is -2.29. The highest BCUT2D eigenvalue weighted by atomic mass is 19.1. The predicted octanol–water partition coefficient (Wildman–Crippen LogP) is 3.72. The van der Waals surface area contributed by atoms with Gasteiger partial charge < -0.3 is 14.9 Å². The van der Waals surface area contributed by atoms with Gasteiger partial charge in [-0.25, -0.2) is 4.39 Å². The molecule has 0 fully saturated rings. The molecule has 0 amide bonds. The number of nitrogens with two attached hydrogens (primary N) is 1. The Balaban J connectivity index is 2.11. The molecule has 3 nitrogen and oxygen atoms in total. The third kappa shape index (κ3) is 3.46. The average molecular weight is 277 g/mol. The number of benzene rings is 1. The summed E-state index contributed by atoms with van der Waals surface area (Å²) in [5, 5.41) is 0. The first-order valence-electron chi connectivity index (χ1n) is 6.78. The standard InChI is InChI=1S/C16H20FNO2/c1-3-14(18)16(15-9-8-11(2)20-15)19-10-12-6-4-5-7-13(12)17/h4-9,14,16H,3,10,18H2,1-2H3. The maximum absolute atomic E-state index is 13.6. The van der Waals surface area contributed by atoms with Crippen LogP contribution < -0.4 is 5.73 Å². The Morgan fingerprint density at radius 3 is 2.60 bits per heavy atom. The minimum Gasteiger partial charge on any atom is -0.464 e. The molecule has 4 heteroatoms. The van der Waals surface area contributed by atoms with Crippen LogP contribution in [-0.2, 0) is 11.3 Å². The molecule has 0 aliphatic carbocycles. The molecule has 1 heterocycles. The summed E-state index contributed by atoms with van der Waals surface area (Å²) in [5.41, 5.74) is 6.60. The maximum Gasteiger partial charge on any atom is 0.134 e. The topological polar surface area (TPSA) is 48.4 Å². The minimum absolute atomic E-state index is 0.171. The molecule has 1 aromatic carbocycles. The Labute approximate surface area is 118 Å². The minimum atomic E-state index is -0.367. The van der Waals surface area contributed by atoms with Crippen LogP contribution in [0.5, 0.6) is 0 Å². The van der Waals surface area contributed by atoms with Crippen LogP contribution in [-0.4, -0.2) is 6.04 Å². The van der Waals surface area contributed by atoms with E-state index in [1.165, 1.54) is 6.07 Å². The van der Waals surface area contributed by atoms with Gasteiger partial charge in [0.1, 0.15) is 23.4 Å². The van der Waals surface area contributed by atoms with Gasteiger partial charge in [-0.1, -0.05) is 25.1 Å². The van der Waals surface area contributed by atoms with Crippen molar-refractivity contribution in [2.45, 2.75) is 39.0 Å².